The minimum absolute atomic E-state index is 0.0419. The molecule has 0 aliphatic heterocycles. The molecule has 0 bridgehead atoms. The summed E-state index contributed by atoms with van der Waals surface area (Å²) in [6.07, 6.45) is 0. The minimum atomic E-state index is -3.61. The molecule has 0 aliphatic carbocycles. The second-order valence-corrected chi connectivity index (χ2v) is 6.35. The zero-order chi connectivity index (χ0) is 14.8. The molecule has 6 nitrogen and oxygen atoms in total. The maximum absolute atomic E-state index is 12.1. The summed E-state index contributed by atoms with van der Waals surface area (Å²) in [6.45, 7) is 1.80. The molecule has 0 unspecified atom stereocenters. The van der Waals surface area contributed by atoms with Crippen molar-refractivity contribution in [2.45, 2.75) is 18.4 Å². The van der Waals surface area contributed by atoms with E-state index in [0.717, 1.165) is 0 Å². The topological polar surface area (TPSA) is 98.2 Å². The Morgan fingerprint density at radius 2 is 2.05 bits per heavy atom. The fraction of sp³-hybridized carbons (Fsp3) is 0.167. The van der Waals surface area contributed by atoms with Gasteiger partial charge in [-0.1, -0.05) is 29.5 Å². The van der Waals surface area contributed by atoms with Crippen LogP contribution in [-0.2, 0) is 16.6 Å². The number of nitrogens with one attached hydrogen (secondary N) is 1. The third-order valence-electron chi connectivity index (χ3n) is 2.56. The number of aromatic nitrogens is 1. The number of hydrogen-bond donors (Lipinski definition) is 2. The first-order valence-corrected chi connectivity index (χ1v) is 7.59. The van der Waals surface area contributed by atoms with Crippen LogP contribution in [-0.4, -0.2) is 18.6 Å². The number of hydrogen-bond acceptors (Lipinski definition) is 5. The first-order chi connectivity index (χ1) is 9.38. The van der Waals surface area contributed by atoms with Crippen molar-refractivity contribution < 1.29 is 12.9 Å². The summed E-state index contributed by atoms with van der Waals surface area (Å²) in [5.41, 5.74) is 6.77. The van der Waals surface area contributed by atoms with Crippen molar-refractivity contribution in [1.29, 1.82) is 0 Å². The summed E-state index contributed by atoms with van der Waals surface area (Å²) in [5, 5.41) is 3.68. The van der Waals surface area contributed by atoms with Gasteiger partial charge in [-0.05, 0) is 19.1 Å². The largest absolute Gasteiger partial charge is 0.389 e. The van der Waals surface area contributed by atoms with Gasteiger partial charge in [0.2, 0.25) is 10.0 Å². The molecule has 1 heterocycles. The van der Waals surface area contributed by atoms with E-state index in [9.17, 15) is 8.42 Å². The first kappa shape index (κ1) is 14.6. The molecule has 1 aromatic heterocycles. The Labute approximate surface area is 122 Å². The van der Waals surface area contributed by atoms with Gasteiger partial charge in [0.1, 0.15) is 4.99 Å². The van der Waals surface area contributed by atoms with Gasteiger partial charge >= 0.3 is 0 Å². The Bertz CT molecular complexity index is 721. The highest BCUT2D eigenvalue weighted by Gasteiger charge is 2.15. The number of nitrogens with two attached hydrogens (primary N) is 1. The van der Waals surface area contributed by atoms with E-state index in [0.29, 0.717) is 17.0 Å². The maximum Gasteiger partial charge on any atom is 0.240 e. The molecule has 0 atom stereocenters. The van der Waals surface area contributed by atoms with E-state index in [1.54, 1.807) is 25.1 Å². The third-order valence-corrected chi connectivity index (χ3v) is 4.22. The quantitative estimate of drug-likeness (QED) is 0.802. The molecule has 0 spiro atoms. The van der Waals surface area contributed by atoms with E-state index < -0.39 is 10.0 Å². The van der Waals surface area contributed by atoms with Crippen LogP contribution >= 0.6 is 12.2 Å². The number of rotatable bonds is 5. The van der Waals surface area contributed by atoms with Crippen LogP contribution in [0.15, 0.2) is 39.8 Å². The van der Waals surface area contributed by atoms with Gasteiger partial charge in [0.05, 0.1) is 17.1 Å². The Kier molecular flexibility index (Phi) is 4.17. The lowest BCUT2D eigenvalue weighted by Crippen LogP contribution is -2.23. The summed E-state index contributed by atoms with van der Waals surface area (Å²) < 4.78 is 31.5. The monoisotopic (exact) mass is 311 g/mol. The summed E-state index contributed by atoms with van der Waals surface area (Å²) in [7, 11) is -3.61. The van der Waals surface area contributed by atoms with Crippen LogP contribution in [0.2, 0.25) is 0 Å². The summed E-state index contributed by atoms with van der Waals surface area (Å²) >= 11 is 4.81. The van der Waals surface area contributed by atoms with Gasteiger partial charge in [-0.3, -0.25) is 0 Å². The fourth-order valence-electron chi connectivity index (χ4n) is 1.55. The van der Waals surface area contributed by atoms with E-state index in [1.165, 1.54) is 12.1 Å². The van der Waals surface area contributed by atoms with Crippen LogP contribution in [0.4, 0.5) is 0 Å². The second-order valence-electron chi connectivity index (χ2n) is 4.15. The van der Waals surface area contributed by atoms with Crippen LogP contribution < -0.4 is 10.5 Å². The number of aryl methyl sites for hydroxylation is 1. The summed E-state index contributed by atoms with van der Waals surface area (Å²) in [6, 6.07) is 7.69. The van der Waals surface area contributed by atoms with Crippen LogP contribution in [0.25, 0.3) is 0 Å². The lowest BCUT2D eigenvalue weighted by molar-refractivity contribution is 0.377. The molecule has 8 heteroatoms. The van der Waals surface area contributed by atoms with Crippen molar-refractivity contribution in [2.75, 3.05) is 0 Å². The third kappa shape index (κ3) is 3.41. The van der Waals surface area contributed by atoms with E-state index in [2.05, 4.69) is 9.88 Å². The van der Waals surface area contributed by atoms with E-state index >= 15 is 0 Å². The van der Waals surface area contributed by atoms with Crippen molar-refractivity contribution in [3.8, 4) is 0 Å². The standard InChI is InChI=1S/C12H13N3O3S2/c1-8-6-10(18-15-8)7-14-20(16,17)11-4-2-9(3-5-11)12(13)19/h2-6,14H,7H2,1H3,(H2,13,19). The van der Waals surface area contributed by atoms with Gasteiger partial charge in [0, 0.05) is 11.6 Å². The highest BCUT2D eigenvalue weighted by molar-refractivity contribution is 7.89. The van der Waals surface area contributed by atoms with Crippen molar-refractivity contribution in [2.24, 2.45) is 5.73 Å². The Balaban J connectivity index is 2.11. The first-order valence-electron chi connectivity index (χ1n) is 5.70. The Hall–Kier alpha value is -1.77. The Morgan fingerprint density at radius 3 is 2.55 bits per heavy atom. The SMILES string of the molecule is Cc1cc(CNS(=O)(=O)c2ccc(C(N)=S)cc2)on1. The summed E-state index contributed by atoms with van der Waals surface area (Å²) in [4.78, 5) is 0.354. The molecule has 1 aromatic carbocycles. The van der Waals surface area contributed by atoms with Gasteiger partial charge < -0.3 is 10.3 Å². The normalized spacial score (nSPS) is 11.4. The molecule has 3 N–H and O–H groups in total. The zero-order valence-corrected chi connectivity index (χ0v) is 12.3. The van der Waals surface area contributed by atoms with Gasteiger partial charge in [-0.2, -0.15) is 0 Å². The highest BCUT2D eigenvalue weighted by Crippen LogP contribution is 2.11. The average Bonchev–Trinajstić information content (AvgIpc) is 2.82. The van der Waals surface area contributed by atoms with Crippen molar-refractivity contribution in [1.82, 2.24) is 9.88 Å². The highest BCUT2D eigenvalue weighted by atomic mass is 32.2. The van der Waals surface area contributed by atoms with Gasteiger partial charge in [-0.25, -0.2) is 13.1 Å². The van der Waals surface area contributed by atoms with Gasteiger partial charge in [0.15, 0.2) is 5.76 Å². The predicted octanol–water partition coefficient (Wildman–Crippen LogP) is 1.10. The van der Waals surface area contributed by atoms with E-state index in [4.69, 9.17) is 22.5 Å². The predicted molar refractivity (Wildman–Crippen MR) is 77.6 cm³/mol. The number of sulfonamides is 1. The molecule has 0 amide bonds. The van der Waals surface area contributed by atoms with Crippen LogP contribution in [0.5, 0.6) is 0 Å². The van der Waals surface area contributed by atoms with Gasteiger partial charge in [0.25, 0.3) is 0 Å². The van der Waals surface area contributed by atoms with E-state index in [1.807, 2.05) is 0 Å². The second kappa shape index (κ2) is 5.70. The fourth-order valence-corrected chi connectivity index (χ4v) is 2.68. The molecule has 106 valence electrons. The molecule has 20 heavy (non-hydrogen) atoms. The number of thiocarbonyl (C=S) groups is 1. The molecule has 0 aliphatic rings. The van der Waals surface area contributed by atoms with Crippen LogP contribution in [0.1, 0.15) is 17.0 Å². The molecule has 0 saturated heterocycles. The molecular weight excluding hydrogens is 298 g/mol. The maximum atomic E-state index is 12.1. The van der Waals surface area contributed by atoms with E-state index in [-0.39, 0.29) is 16.4 Å². The number of benzene rings is 1. The zero-order valence-electron chi connectivity index (χ0n) is 10.7. The molecular formula is C12H13N3O3S2. The van der Waals surface area contributed by atoms with Crippen LogP contribution in [0, 0.1) is 6.92 Å². The minimum Gasteiger partial charge on any atom is -0.389 e. The smallest absolute Gasteiger partial charge is 0.240 e. The molecule has 0 fully saturated rings. The molecule has 0 saturated carbocycles. The van der Waals surface area contributed by atoms with Crippen molar-refractivity contribution in [3.05, 3.63) is 47.3 Å². The summed E-state index contributed by atoms with van der Waals surface area (Å²) in [5.74, 6) is 0.450. The van der Waals surface area contributed by atoms with Crippen molar-refractivity contribution in [3.63, 3.8) is 0 Å². The lowest BCUT2D eigenvalue weighted by atomic mass is 10.2. The molecule has 2 rings (SSSR count). The molecule has 2 aromatic rings. The van der Waals surface area contributed by atoms with Gasteiger partial charge in [-0.15, -0.1) is 0 Å². The molecule has 0 radical (unpaired) electrons. The van der Waals surface area contributed by atoms with Crippen molar-refractivity contribution >= 4 is 27.2 Å². The lowest BCUT2D eigenvalue weighted by Gasteiger charge is -2.05. The number of nitrogens with zero attached hydrogens (tertiary/aromatic N) is 1. The van der Waals surface area contributed by atoms with Crippen LogP contribution in [0.3, 0.4) is 0 Å². The Morgan fingerprint density at radius 1 is 1.40 bits per heavy atom. The average molecular weight is 311 g/mol.